The molecule has 0 saturated heterocycles. The fraction of sp³-hybridized carbons (Fsp3) is 1.00. The van der Waals surface area contributed by atoms with Crippen molar-refractivity contribution in [2.45, 2.75) is 45.2 Å². The summed E-state index contributed by atoms with van der Waals surface area (Å²) in [6.45, 7) is 4.52. The van der Waals surface area contributed by atoms with Crippen LogP contribution in [0.5, 0.6) is 0 Å². The standard InChI is InChI=1S/C9H19NO/c1-7(6-11)8(2)10-9-4-3-5-9/h7-11H,3-6H2,1-2H3. The van der Waals surface area contributed by atoms with E-state index in [1.807, 2.05) is 0 Å². The molecule has 2 nitrogen and oxygen atoms in total. The second kappa shape index (κ2) is 4.07. The molecular weight excluding hydrogens is 138 g/mol. The van der Waals surface area contributed by atoms with Crippen LogP contribution in [0.3, 0.4) is 0 Å². The van der Waals surface area contributed by atoms with E-state index in [1.54, 1.807) is 0 Å². The quantitative estimate of drug-likeness (QED) is 0.641. The van der Waals surface area contributed by atoms with Gasteiger partial charge in [-0.1, -0.05) is 13.3 Å². The van der Waals surface area contributed by atoms with Gasteiger partial charge in [0.2, 0.25) is 0 Å². The Hall–Kier alpha value is -0.0800. The van der Waals surface area contributed by atoms with Crippen LogP contribution in [0.1, 0.15) is 33.1 Å². The Morgan fingerprint density at radius 3 is 2.45 bits per heavy atom. The van der Waals surface area contributed by atoms with Gasteiger partial charge >= 0.3 is 0 Å². The van der Waals surface area contributed by atoms with Gasteiger partial charge in [0.15, 0.2) is 0 Å². The van der Waals surface area contributed by atoms with Gasteiger partial charge in [0, 0.05) is 18.7 Å². The summed E-state index contributed by atoms with van der Waals surface area (Å²) in [5.74, 6) is 0.385. The molecule has 0 spiro atoms. The summed E-state index contributed by atoms with van der Waals surface area (Å²) in [5.41, 5.74) is 0. The predicted molar refractivity (Wildman–Crippen MR) is 46.5 cm³/mol. The van der Waals surface area contributed by atoms with Crippen molar-refractivity contribution >= 4 is 0 Å². The Labute approximate surface area is 69.0 Å². The molecule has 1 aliphatic carbocycles. The van der Waals surface area contributed by atoms with Crippen LogP contribution in [-0.2, 0) is 0 Å². The highest BCUT2D eigenvalue weighted by molar-refractivity contribution is 4.80. The first-order valence-electron chi connectivity index (χ1n) is 4.61. The van der Waals surface area contributed by atoms with Gasteiger partial charge in [-0.2, -0.15) is 0 Å². The van der Waals surface area contributed by atoms with Gasteiger partial charge in [-0.15, -0.1) is 0 Å². The van der Waals surface area contributed by atoms with Crippen molar-refractivity contribution in [2.24, 2.45) is 5.92 Å². The van der Waals surface area contributed by atoms with E-state index in [0.29, 0.717) is 18.6 Å². The Balaban J connectivity index is 2.13. The minimum Gasteiger partial charge on any atom is -0.396 e. The largest absolute Gasteiger partial charge is 0.396 e. The van der Waals surface area contributed by atoms with Crippen molar-refractivity contribution < 1.29 is 5.11 Å². The molecule has 1 saturated carbocycles. The maximum absolute atomic E-state index is 8.87. The SMILES string of the molecule is CC(CO)C(C)NC1CCC1. The summed E-state index contributed by atoms with van der Waals surface area (Å²) < 4.78 is 0. The molecule has 0 aromatic carbocycles. The molecule has 1 rings (SSSR count). The summed E-state index contributed by atoms with van der Waals surface area (Å²) in [4.78, 5) is 0. The Kier molecular flexibility index (Phi) is 3.34. The highest BCUT2D eigenvalue weighted by Crippen LogP contribution is 2.19. The fourth-order valence-corrected chi connectivity index (χ4v) is 1.27. The topological polar surface area (TPSA) is 32.3 Å². The summed E-state index contributed by atoms with van der Waals surface area (Å²) in [7, 11) is 0. The molecule has 66 valence electrons. The summed E-state index contributed by atoms with van der Waals surface area (Å²) >= 11 is 0. The molecule has 0 heterocycles. The first-order chi connectivity index (χ1) is 5.24. The summed E-state index contributed by atoms with van der Waals surface area (Å²) in [6.07, 6.45) is 4.02. The molecule has 2 heteroatoms. The maximum atomic E-state index is 8.87. The predicted octanol–water partition coefficient (Wildman–Crippen LogP) is 1.15. The van der Waals surface area contributed by atoms with E-state index in [4.69, 9.17) is 5.11 Å². The van der Waals surface area contributed by atoms with E-state index >= 15 is 0 Å². The summed E-state index contributed by atoms with van der Waals surface area (Å²) in [6, 6.07) is 1.20. The van der Waals surface area contributed by atoms with Gasteiger partial charge in [-0.05, 0) is 25.7 Å². The van der Waals surface area contributed by atoms with Crippen molar-refractivity contribution in [3.63, 3.8) is 0 Å². The van der Waals surface area contributed by atoms with Crippen LogP contribution >= 0.6 is 0 Å². The zero-order valence-electron chi connectivity index (χ0n) is 7.51. The first-order valence-corrected chi connectivity index (χ1v) is 4.61. The lowest BCUT2D eigenvalue weighted by atomic mass is 9.91. The Morgan fingerprint density at radius 2 is 2.09 bits per heavy atom. The van der Waals surface area contributed by atoms with Crippen molar-refractivity contribution in [1.29, 1.82) is 0 Å². The second-order valence-corrected chi connectivity index (χ2v) is 3.74. The number of rotatable bonds is 4. The van der Waals surface area contributed by atoms with Gasteiger partial charge in [-0.3, -0.25) is 0 Å². The molecule has 2 N–H and O–H groups in total. The van der Waals surface area contributed by atoms with Crippen LogP contribution in [0.15, 0.2) is 0 Å². The lowest BCUT2D eigenvalue weighted by molar-refractivity contribution is 0.187. The third-order valence-corrected chi connectivity index (χ3v) is 2.75. The summed E-state index contributed by atoms with van der Waals surface area (Å²) in [5, 5.41) is 12.4. The van der Waals surface area contributed by atoms with Crippen LogP contribution in [-0.4, -0.2) is 23.8 Å². The molecular formula is C9H19NO. The molecule has 0 amide bonds. The maximum Gasteiger partial charge on any atom is 0.0471 e. The monoisotopic (exact) mass is 157 g/mol. The second-order valence-electron chi connectivity index (χ2n) is 3.74. The van der Waals surface area contributed by atoms with E-state index < -0.39 is 0 Å². The third-order valence-electron chi connectivity index (χ3n) is 2.75. The number of hydrogen-bond acceptors (Lipinski definition) is 2. The van der Waals surface area contributed by atoms with Crippen molar-refractivity contribution in [2.75, 3.05) is 6.61 Å². The highest BCUT2D eigenvalue weighted by atomic mass is 16.3. The van der Waals surface area contributed by atoms with Crippen LogP contribution in [0, 0.1) is 5.92 Å². The number of aliphatic hydroxyl groups excluding tert-OH is 1. The zero-order valence-corrected chi connectivity index (χ0v) is 7.51. The highest BCUT2D eigenvalue weighted by Gasteiger charge is 2.21. The molecule has 0 aliphatic heterocycles. The van der Waals surface area contributed by atoms with E-state index in [2.05, 4.69) is 19.2 Å². The molecule has 2 atom stereocenters. The Bertz CT molecular complexity index is 112. The van der Waals surface area contributed by atoms with Crippen molar-refractivity contribution in [1.82, 2.24) is 5.32 Å². The van der Waals surface area contributed by atoms with E-state index in [9.17, 15) is 0 Å². The number of nitrogens with one attached hydrogen (secondary N) is 1. The van der Waals surface area contributed by atoms with E-state index in [1.165, 1.54) is 19.3 Å². The van der Waals surface area contributed by atoms with Crippen LogP contribution < -0.4 is 5.32 Å². The fourth-order valence-electron chi connectivity index (χ4n) is 1.27. The van der Waals surface area contributed by atoms with Crippen LogP contribution in [0.2, 0.25) is 0 Å². The lowest BCUT2D eigenvalue weighted by Gasteiger charge is -2.32. The zero-order chi connectivity index (χ0) is 8.27. The first kappa shape index (κ1) is 9.01. The molecule has 0 aromatic rings. The Morgan fingerprint density at radius 1 is 1.45 bits per heavy atom. The normalized spacial score (nSPS) is 24.3. The van der Waals surface area contributed by atoms with Gasteiger partial charge in [-0.25, -0.2) is 0 Å². The lowest BCUT2D eigenvalue weighted by Crippen LogP contribution is -2.44. The molecule has 1 fully saturated rings. The van der Waals surface area contributed by atoms with Crippen LogP contribution in [0.4, 0.5) is 0 Å². The number of aliphatic hydroxyl groups is 1. The average molecular weight is 157 g/mol. The molecule has 2 unspecified atom stereocenters. The van der Waals surface area contributed by atoms with Crippen LogP contribution in [0.25, 0.3) is 0 Å². The van der Waals surface area contributed by atoms with E-state index in [0.717, 1.165) is 6.04 Å². The van der Waals surface area contributed by atoms with Gasteiger partial charge < -0.3 is 10.4 Å². The molecule has 0 aromatic heterocycles. The van der Waals surface area contributed by atoms with Gasteiger partial charge in [0.1, 0.15) is 0 Å². The number of hydrogen-bond donors (Lipinski definition) is 2. The molecule has 1 aliphatic rings. The van der Waals surface area contributed by atoms with Gasteiger partial charge in [0.25, 0.3) is 0 Å². The minimum atomic E-state index is 0.293. The van der Waals surface area contributed by atoms with Crippen molar-refractivity contribution in [3.05, 3.63) is 0 Å². The minimum absolute atomic E-state index is 0.293. The van der Waals surface area contributed by atoms with Gasteiger partial charge in [0.05, 0.1) is 0 Å². The van der Waals surface area contributed by atoms with Crippen molar-refractivity contribution in [3.8, 4) is 0 Å². The van der Waals surface area contributed by atoms with E-state index in [-0.39, 0.29) is 0 Å². The third kappa shape index (κ3) is 2.46. The average Bonchev–Trinajstić information content (AvgIpc) is 1.94. The molecule has 11 heavy (non-hydrogen) atoms. The molecule has 0 bridgehead atoms. The molecule has 0 radical (unpaired) electrons. The smallest absolute Gasteiger partial charge is 0.0471 e.